The van der Waals surface area contributed by atoms with E-state index in [9.17, 15) is 40.9 Å². The standard InChI is InChI=1S/C42H92N2O14Si2.C40H90N2O17Si3/c1-11-15-19-37(13-3)31-57-35-41(47)29-44(30-42(48)36-58-32-38(14-4)20-16-12-2)22-21-43(27-39(45)33-55-23-17-25-59(49-5,50-6)51-7)28-40(46)34-56-24-18-26-60(52-8,53-9)54-10;1-12-14-18-36(13-2)31-59-35-40(46)30-42(29-39(45)34-58-23-17-26-62(53-9,54-10)55-11)20-19-41(27-37(43)32-56-21-15-24-60(47-3,48-4)49-5)28-38(44)33-57-22-16-25-61(50-6,51-7)52-8/h37-42,45-48H,11-36H2,1-10H3;36-40,43-46H,12-35H2,1-11H3. The molecule has 0 aliphatic rings. The number of aliphatic hydroxyl groups is 8. The van der Waals surface area contributed by atoms with E-state index in [-0.39, 0.29) is 105 Å². The van der Waals surface area contributed by atoms with E-state index in [0.29, 0.717) is 159 Å². The Balaban J connectivity index is 0. The molecule has 0 radical (unpaired) electrons. The minimum Gasteiger partial charge on any atom is -0.389 e. The molecule has 122 heavy (non-hydrogen) atoms. The first-order chi connectivity index (χ1) is 58.6. The van der Waals surface area contributed by atoms with Crippen molar-refractivity contribution >= 4 is 44.0 Å². The highest BCUT2D eigenvalue weighted by atomic mass is 28.4. The third-order valence-electron chi connectivity index (χ3n) is 21.9. The molecule has 0 aliphatic carbocycles. The fourth-order valence-corrected chi connectivity index (χ4v) is 22.5. The molecule has 40 heteroatoms. The van der Waals surface area contributed by atoms with Gasteiger partial charge < -0.3 is 145 Å². The van der Waals surface area contributed by atoms with Crippen molar-refractivity contribution in [3.63, 3.8) is 0 Å². The molecule has 0 aromatic heterocycles. The third kappa shape index (κ3) is 60.0. The van der Waals surface area contributed by atoms with Gasteiger partial charge in [-0.1, -0.05) is 99.3 Å². The fourth-order valence-electron chi connectivity index (χ4n) is 14.0. The highest BCUT2D eigenvalue weighted by Crippen LogP contribution is 2.22. The Hall–Kier alpha value is -0.316. The van der Waals surface area contributed by atoms with Crippen LogP contribution in [-0.2, 0) is 104 Å². The summed E-state index contributed by atoms with van der Waals surface area (Å²) in [7, 11) is 9.92. The van der Waals surface area contributed by atoms with Crippen LogP contribution in [0.2, 0.25) is 30.2 Å². The predicted octanol–water partition coefficient (Wildman–Crippen LogP) is 6.19. The number of nitrogens with zero attached hydrogens (tertiary/aromatic N) is 4. The summed E-state index contributed by atoms with van der Waals surface area (Å²) in [5.41, 5.74) is 0. The topological polar surface area (TPSA) is 387 Å². The monoisotopic (exact) mass is 1860 g/mol. The lowest BCUT2D eigenvalue weighted by Crippen LogP contribution is -2.47. The second-order valence-electron chi connectivity index (χ2n) is 31.5. The van der Waals surface area contributed by atoms with Crippen LogP contribution in [0.5, 0.6) is 0 Å². The average molecular weight is 1860 g/mol. The highest BCUT2D eigenvalue weighted by Gasteiger charge is 2.41. The summed E-state index contributed by atoms with van der Waals surface area (Å²) in [4.78, 5) is 7.88. The maximum atomic E-state index is 11.1. The van der Waals surface area contributed by atoms with Crippen LogP contribution in [0.15, 0.2) is 0 Å². The molecule has 0 amide bonds. The van der Waals surface area contributed by atoms with E-state index in [2.05, 4.69) is 41.5 Å². The molecule has 0 heterocycles. The van der Waals surface area contributed by atoms with Gasteiger partial charge in [0.15, 0.2) is 0 Å². The molecular weight excluding hydrogens is 1680 g/mol. The molecule has 35 nitrogen and oxygen atoms in total. The van der Waals surface area contributed by atoms with E-state index in [4.69, 9.17) is 104 Å². The Morgan fingerprint density at radius 3 is 0.484 bits per heavy atom. The second-order valence-corrected chi connectivity index (χ2v) is 47.0. The van der Waals surface area contributed by atoms with Gasteiger partial charge in [0.1, 0.15) is 0 Å². The first-order valence-electron chi connectivity index (χ1n) is 44.9. The molecule has 8 N–H and O–H groups in total. The fraction of sp³-hybridized carbons (Fsp3) is 1.00. The maximum Gasteiger partial charge on any atom is 0.500 e. The minimum atomic E-state index is -2.74. The summed E-state index contributed by atoms with van der Waals surface area (Å²) in [5.74, 6) is 1.36. The van der Waals surface area contributed by atoms with Crippen LogP contribution in [0.3, 0.4) is 0 Å². The van der Waals surface area contributed by atoms with Crippen molar-refractivity contribution in [2.75, 3.05) is 291 Å². The zero-order valence-electron chi connectivity index (χ0n) is 80.0. The van der Waals surface area contributed by atoms with Crippen molar-refractivity contribution in [1.29, 1.82) is 0 Å². The van der Waals surface area contributed by atoms with E-state index >= 15 is 0 Å². The maximum absolute atomic E-state index is 11.1. The molecule has 11 atom stereocenters. The van der Waals surface area contributed by atoms with Gasteiger partial charge in [0.05, 0.1) is 102 Å². The van der Waals surface area contributed by atoms with Crippen LogP contribution in [0.4, 0.5) is 0 Å². The van der Waals surface area contributed by atoms with Crippen LogP contribution in [-0.4, -0.2) is 444 Å². The number of rotatable bonds is 91. The van der Waals surface area contributed by atoms with E-state index in [0.717, 1.165) is 77.0 Å². The van der Waals surface area contributed by atoms with E-state index in [1.807, 2.05) is 19.6 Å². The molecule has 0 aromatic carbocycles. The summed E-state index contributed by atoms with van der Waals surface area (Å²) >= 11 is 0. The summed E-state index contributed by atoms with van der Waals surface area (Å²) in [6, 6.07) is 2.86. The van der Waals surface area contributed by atoms with Gasteiger partial charge in [-0.2, -0.15) is 0 Å². The zero-order valence-corrected chi connectivity index (χ0v) is 85.0. The first-order valence-corrected chi connectivity index (χ1v) is 54.5. The molecule has 0 aromatic rings. The lowest BCUT2D eigenvalue weighted by atomic mass is 10.0. The van der Waals surface area contributed by atoms with Gasteiger partial charge >= 0.3 is 44.0 Å². The highest BCUT2D eigenvalue weighted by molar-refractivity contribution is 6.62. The van der Waals surface area contributed by atoms with E-state index in [1.54, 1.807) is 107 Å². The van der Waals surface area contributed by atoms with Crippen molar-refractivity contribution in [2.45, 2.75) is 230 Å². The number of unbranched alkanes of at least 4 members (excludes halogenated alkanes) is 3. The van der Waals surface area contributed by atoms with E-state index < -0.39 is 92.9 Å². The molecule has 0 fully saturated rings. The van der Waals surface area contributed by atoms with Crippen LogP contribution >= 0.6 is 0 Å². The van der Waals surface area contributed by atoms with Gasteiger partial charge in [-0.15, -0.1) is 0 Å². The van der Waals surface area contributed by atoms with Gasteiger partial charge in [-0.05, 0) is 69.1 Å². The lowest BCUT2D eigenvalue weighted by molar-refractivity contribution is -0.0291. The number of hydrogen-bond acceptors (Lipinski definition) is 35. The number of hydrogen-bond donors (Lipinski definition) is 8. The van der Waals surface area contributed by atoms with Gasteiger partial charge in [-0.25, -0.2) is 0 Å². The summed E-state index contributed by atoms with van der Waals surface area (Å²) in [6.45, 7) is 21.3. The van der Waals surface area contributed by atoms with Crippen molar-refractivity contribution < 1.29 is 145 Å². The largest absolute Gasteiger partial charge is 0.500 e. The molecule has 0 rings (SSSR count). The number of aliphatic hydroxyl groups excluding tert-OH is 8. The van der Waals surface area contributed by atoms with Gasteiger partial charge in [0, 0.05) is 268 Å². The van der Waals surface area contributed by atoms with Gasteiger partial charge in [0.25, 0.3) is 0 Å². The summed E-state index contributed by atoms with van der Waals surface area (Å²) in [5, 5.41) is 89.0. The Morgan fingerprint density at radius 1 is 0.205 bits per heavy atom. The quantitative estimate of drug-likeness (QED) is 0.0248. The average Bonchev–Trinajstić information content (AvgIpc) is 0.901. The molecular formula is C82H182N4O31Si5. The zero-order chi connectivity index (χ0) is 91.8. The Bertz CT molecular complexity index is 2110. The Morgan fingerprint density at radius 2 is 0.352 bits per heavy atom. The summed E-state index contributed by atoms with van der Waals surface area (Å²) in [6.07, 6.45) is 9.81. The van der Waals surface area contributed by atoms with Crippen LogP contribution < -0.4 is 0 Å². The van der Waals surface area contributed by atoms with E-state index in [1.165, 1.54) is 0 Å². The van der Waals surface area contributed by atoms with Crippen molar-refractivity contribution in [3.8, 4) is 0 Å². The molecule has 736 valence electrons. The van der Waals surface area contributed by atoms with Crippen LogP contribution in [0, 0.1) is 17.8 Å². The lowest BCUT2D eigenvalue weighted by Gasteiger charge is -2.32. The second kappa shape index (κ2) is 79.3. The van der Waals surface area contributed by atoms with Crippen molar-refractivity contribution in [2.24, 2.45) is 17.8 Å². The molecule has 0 saturated heterocycles. The molecule has 0 bridgehead atoms. The van der Waals surface area contributed by atoms with Crippen molar-refractivity contribution in [1.82, 2.24) is 19.6 Å². The first kappa shape index (κ1) is 124. The predicted molar refractivity (Wildman–Crippen MR) is 481 cm³/mol. The van der Waals surface area contributed by atoms with Crippen LogP contribution in [0.1, 0.15) is 151 Å². The van der Waals surface area contributed by atoms with Gasteiger partial charge in [-0.3, -0.25) is 19.6 Å². The molecule has 0 aliphatic heterocycles. The SMILES string of the molecule is CCCCC(CC)COCC(O)CN(CCN(CC(O)COCCC[Si](OC)(OC)OC)CC(O)COCCC[Si](OC)(OC)OC)CC(O)COCC(CC)CCCC.CCCCC(CC)COCC(O)CN(CCN(CC(O)COCCC[Si](OC)(OC)OC)CC(O)COCCC[Si](OC)(OC)OC)CC(O)COCCC[Si](OC)(OC)OC. The Kier molecular flexibility index (Phi) is 80.4. The summed E-state index contributed by atoms with van der Waals surface area (Å²) < 4.78 is 130. The minimum absolute atomic E-state index is 0.0737. The Labute approximate surface area is 743 Å². The molecule has 0 spiro atoms. The normalized spacial score (nSPS) is 15.6. The van der Waals surface area contributed by atoms with Crippen LogP contribution in [0.25, 0.3) is 0 Å². The van der Waals surface area contributed by atoms with Gasteiger partial charge in [0.2, 0.25) is 0 Å². The van der Waals surface area contributed by atoms with Crippen molar-refractivity contribution in [3.05, 3.63) is 0 Å². The molecule has 11 unspecified atom stereocenters. The number of ether oxygens (including phenoxy) is 8. The smallest absolute Gasteiger partial charge is 0.389 e. The third-order valence-corrected chi connectivity index (χ3v) is 36.1. The molecule has 0 saturated carbocycles.